The average Bonchev–Trinajstić information content (AvgIpc) is 2.51. The Morgan fingerprint density at radius 3 is 2.48 bits per heavy atom. The lowest BCUT2D eigenvalue weighted by Gasteiger charge is -2.32. The monoisotopic (exact) mass is 336 g/mol. The van der Waals surface area contributed by atoms with Gasteiger partial charge in [-0.2, -0.15) is 0 Å². The van der Waals surface area contributed by atoms with Gasteiger partial charge in [-0.3, -0.25) is 0 Å². The quantitative estimate of drug-likeness (QED) is 0.743. The molecule has 1 aliphatic carbocycles. The summed E-state index contributed by atoms with van der Waals surface area (Å²) in [6, 6.07) is 7.89. The largest absolute Gasteiger partial charge is 0.481 e. The van der Waals surface area contributed by atoms with Gasteiger partial charge in [0.25, 0.3) is 0 Å². The van der Waals surface area contributed by atoms with Crippen LogP contribution >= 0.6 is 0 Å². The molecule has 1 fully saturated rings. The van der Waals surface area contributed by atoms with Crippen molar-refractivity contribution >= 4 is 10.0 Å². The van der Waals surface area contributed by atoms with Crippen LogP contribution in [0.1, 0.15) is 31.2 Å². The summed E-state index contributed by atoms with van der Waals surface area (Å²) >= 11 is 0. The first kappa shape index (κ1) is 17.8. The molecule has 1 aromatic rings. The summed E-state index contributed by atoms with van der Waals surface area (Å²) in [6.45, 7) is 0.959. The van der Waals surface area contributed by atoms with E-state index in [1.807, 2.05) is 24.3 Å². The second kappa shape index (κ2) is 8.34. The number of sulfonamides is 1. The van der Waals surface area contributed by atoms with Crippen molar-refractivity contribution in [2.45, 2.75) is 44.3 Å². The molecule has 1 aromatic carbocycles. The fraction of sp³-hybridized carbons (Fsp3) is 0.529. The van der Waals surface area contributed by atoms with Gasteiger partial charge in [0.15, 0.2) is 0 Å². The predicted molar refractivity (Wildman–Crippen MR) is 91.6 cm³/mol. The van der Waals surface area contributed by atoms with Crippen LogP contribution in [0.5, 0.6) is 5.75 Å². The molecular weight excluding hydrogens is 312 g/mol. The minimum atomic E-state index is -3.18. The summed E-state index contributed by atoms with van der Waals surface area (Å²) in [5.74, 6) is 3.18. The molecule has 2 N–H and O–H groups in total. The molecule has 23 heavy (non-hydrogen) atoms. The van der Waals surface area contributed by atoms with E-state index in [0.29, 0.717) is 6.54 Å². The first-order chi connectivity index (χ1) is 11.0. The molecule has 0 aromatic heterocycles. The van der Waals surface area contributed by atoms with Crippen LogP contribution in [0.15, 0.2) is 24.3 Å². The molecule has 0 spiro atoms. The summed E-state index contributed by atoms with van der Waals surface area (Å²) in [4.78, 5) is 0. The van der Waals surface area contributed by atoms with Gasteiger partial charge >= 0.3 is 0 Å². The molecule has 2 atom stereocenters. The third kappa shape index (κ3) is 6.22. The number of ether oxygens (including phenoxy) is 1. The van der Waals surface area contributed by atoms with Crippen molar-refractivity contribution in [1.82, 2.24) is 10.0 Å². The summed E-state index contributed by atoms with van der Waals surface area (Å²) in [7, 11) is -3.18. The highest BCUT2D eigenvalue weighted by atomic mass is 32.2. The van der Waals surface area contributed by atoms with Crippen molar-refractivity contribution in [3.8, 4) is 18.1 Å². The van der Waals surface area contributed by atoms with Crippen LogP contribution in [-0.4, -0.2) is 33.4 Å². The Bertz CT molecular complexity index is 635. The first-order valence-electron chi connectivity index (χ1n) is 7.84. The average molecular weight is 336 g/mol. The SMILES string of the molecule is C#CCOc1ccc(CN[C@@H]2CCCC[C@@H]2NS(C)(=O)=O)cc1. The van der Waals surface area contributed by atoms with Gasteiger partial charge in [0.1, 0.15) is 12.4 Å². The van der Waals surface area contributed by atoms with Gasteiger partial charge in [0, 0.05) is 18.6 Å². The van der Waals surface area contributed by atoms with Gasteiger partial charge in [-0.1, -0.05) is 30.9 Å². The molecule has 0 amide bonds. The van der Waals surface area contributed by atoms with E-state index in [1.165, 1.54) is 6.26 Å². The van der Waals surface area contributed by atoms with E-state index in [9.17, 15) is 8.42 Å². The van der Waals surface area contributed by atoms with Crippen LogP contribution in [0, 0.1) is 12.3 Å². The third-order valence-electron chi connectivity index (χ3n) is 3.95. The molecule has 0 bridgehead atoms. The van der Waals surface area contributed by atoms with Crippen LogP contribution in [-0.2, 0) is 16.6 Å². The summed E-state index contributed by atoms with van der Waals surface area (Å²) in [5, 5.41) is 3.47. The van der Waals surface area contributed by atoms with E-state index in [0.717, 1.165) is 37.0 Å². The summed E-state index contributed by atoms with van der Waals surface area (Å²) < 4.78 is 31.0. The van der Waals surface area contributed by atoms with Crippen LogP contribution in [0.2, 0.25) is 0 Å². The number of terminal acetylenes is 1. The molecule has 0 aliphatic heterocycles. The van der Waals surface area contributed by atoms with Crippen molar-refractivity contribution in [2.75, 3.05) is 12.9 Å². The number of benzene rings is 1. The molecule has 0 saturated heterocycles. The molecular formula is C17H24N2O3S. The van der Waals surface area contributed by atoms with E-state index in [-0.39, 0.29) is 18.7 Å². The molecule has 1 aliphatic rings. The van der Waals surface area contributed by atoms with E-state index in [1.54, 1.807) is 0 Å². The number of hydrogen-bond acceptors (Lipinski definition) is 4. The lowest BCUT2D eigenvalue weighted by Crippen LogP contribution is -2.51. The van der Waals surface area contributed by atoms with Crippen LogP contribution in [0.25, 0.3) is 0 Å². The highest BCUT2D eigenvalue weighted by molar-refractivity contribution is 7.88. The lowest BCUT2D eigenvalue weighted by atomic mass is 9.91. The second-order valence-electron chi connectivity index (χ2n) is 5.91. The first-order valence-corrected chi connectivity index (χ1v) is 9.73. The molecule has 126 valence electrons. The Morgan fingerprint density at radius 1 is 1.22 bits per heavy atom. The van der Waals surface area contributed by atoms with Crippen molar-refractivity contribution in [2.24, 2.45) is 0 Å². The minimum Gasteiger partial charge on any atom is -0.481 e. The normalized spacial score (nSPS) is 21.6. The zero-order chi connectivity index (χ0) is 16.7. The second-order valence-corrected chi connectivity index (χ2v) is 7.69. The Balaban J connectivity index is 1.89. The van der Waals surface area contributed by atoms with Crippen molar-refractivity contribution in [3.05, 3.63) is 29.8 Å². The van der Waals surface area contributed by atoms with Crippen LogP contribution in [0.3, 0.4) is 0 Å². The fourth-order valence-corrected chi connectivity index (χ4v) is 3.70. The van der Waals surface area contributed by atoms with Gasteiger partial charge in [-0.25, -0.2) is 13.1 Å². The standard InChI is InChI=1S/C17H24N2O3S/c1-3-12-22-15-10-8-14(9-11-15)13-18-16-6-4-5-7-17(16)19-23(2,20)21/h1,8-11,16-19H,4-7,12-13H2,2H3/t16-,17+/m1/s1. The third-order valence-corrected chi connectivity index (χ3v) is 4.68. The minimum absolute atomic E-state index is 0.0306. The highest BCUT2D eigenvalue weighted by Gasteiger charge is 2.26. The van der Waals surface area contributed by atoms with Gasteiger partial charge < -0.3 is 10.1 Å². The Morgan fingerprint density at radius 2 is 1.87 bits per heavy atom. The molecule has 0 heterocycles. The zero-order valence-electron chi connectivity index (χ0n) is 13.4. The fourth-order valence-electron chi connectivity index (χ4n) is 2.87. The summed E-state index contributed by atoms with van der Waals surface area (Å²) in [6.07, 6.45) is 10.4. The van der Waals surface area contributed by atoms with Gasteiger partial charge in [-0.15, -0.1) is 6.42 Å². The predicted octanol–water partition coefficient (Wildman–Crippen LogP) is 1.65. The molecule has 5 nitrogen and oxygen atoms in total. The van der Waals surface area contributed by atoms with E-state index in [4.69, 9.17) is 11.2 Å². The Labute approximate surface area is 138 Å². The zero-order valence-corrected chi connectivity index (χ0v) is 14.2. The molecule has 1 saturated carbocycles. The molecule has 0 radical (unpaired) electrons. The van der Waals surface area contributed by atoms with Crippen molar-refractivity contribution in [3.63, 3.8) is 0 Å². The van der Waals surface area contributed by atoms with Crippen LogP contribution in [0.4, 0.5) is 0 Å². The number of nitrogens with one attached hydrogen (secondary N) is 2. The summed E-state index contributed by atoms with van der Waals surface area (Å²) in [5.41, 5.74) is 1.13. The maximum atomic E-state index is 11.5. The maximum absolute atomic E-state index is 11.5. The number of rotatable bonds is 7. The Hall–Kier alpha value is -1.55. The van der Waals surface area contributed by atoms with Gasteiger partial charge in [-0.05, 0) is 30.5 Å². The molecule has 2 rings (SSSR count). The van der Waals surface area contributed by atoms with Crippen molar-refractivity contribution in [1.29, 1.82) is 0 Å². The maximum Gasteiger partial charge on any atom is 0.209 e. The topological polar surface area (TPSA) is 67.4 Å². The molecule has 0 unspecified atom stereocenters. The lowest BCUT2D eigenvalue weighted by molar-refractivity contribution is 0.309. The molecule has 6 heteroatoms. The van der Waals surface area contributed by atoms with E-state index < -0.39 is 10.0 Å². The Kier molecular flexibility index (Phi) is 6.46. The van der Waals surface area contributed by atoms with Gasteiger partial charge in [0.05, 0.1) is 6.26 Å². The number of hydrogen-bond donors (Lipinski definition) is 2. The van der Waals surface area contributed by atoms with Gasteiger partial charge in [0.2, 0.25) is 10.0 Å². The van der Waals surface area contributed by atoms with E-state index >= 15 is 0 Å². The van der Waals surface area contributed by atoms with Crippen LogP contribution < -0.4 is 14.8 Å². The highest BCUT2D eigenvalue weighted by Crippen LogP contribution is 2.20. The van der Waals surface area contributed by atoms with Crippen molar-refractivity contribution < 1.29 is 13.2 Å². The smallest absolute Gasteiger partial charge is 0.209 e. The van der Waals surface area contributed by atoms with E-state index in [2.05, 4.69) is 16.0 Å².